The summed E-state index contributed by atoms with van der Waals surface area (Å²) >= 11 is 0. The predicted octanol–water partition coefficient (Wildman–Crippen LogP) is 4.36. The molecule has 29 heavy (non-hydrogen) atoms. The lowest BCUT2D eigenvalue weighted by Crippen LogP contribution is -2.26. The molecule has 0 amide bonds. The molecule has 6 rings (SSSR count). The molecule has 1 saturated carbocycles. The molecule has 2 aliphatic heterocycles. The Balaban J connectivity index is 1.55. The summed E-state index contributed by atoms with van der Waals surface area (Å²) in [6.07, 6.45) is 5.74. The lowest BCUT2D eigenvalue weighted by molar-refractivity contribution is 0.124. The van der Waals surface area contributed by atoms with Crippen LogP contribution in [-0.4, -0.2) is 32.1 Å². The molecule has 1 fully saturated rings. The molecule has 0 spiro atoms. The van der Waals surface area contributed by atoms with Crippen LogP contribution in [0.1, 0.15) is 44.2 Å². The number of pyridine rings is 1. The van der Waals surface area contributed by atoms with E-state index in [1.54, 1.807) is 0 Å². The van der Waals surface area contributed by atoms with Gasteiger partial charge in [0.25, 0.3) is 0 Å². The molecule has 1 aromatic carbocycles. The van der Waals surface area contributed by atoms with Crippen molar-refractivity contribution < 1.29 is 9.47 Å². The molecular weight excluding hydrogens is 366 g/mol. The summed E-state index contributed by atoms with van der Waals surface area (Å²) in [6.45, 7) is 4.02. The number of nitrogens with zero attached hydrogens (tertiary/aromatic N) is 4. The van der Waals surface area contributed by atoms with E-state index in [0.29, 0.717) is 6.04 Å². The summed E-state index contributed by atoms with van der Waals surface area (Å²) in [6, 6.07) is 12.3. The zero-order valence-corrected chi connectivity index (χ0v) is 16.7. The van der Waals surface area contributed by atoms with Crippen molar-refractivity contribution in [1.29, 1.82) is 0 Å². The molecule has 150 valence electrons. The Kier molecular flexibility index (Phi) is 4.58. The first-order valence-electron chi connectivity index (χ1n) is 10.2. The molecule has 0 saturated heterocycles. The third-order valence-corrected chi connectivity index (χ3v) is 5.64. The Labute approximate surface area is 170 Å². The van der Waals surface area contributed by atoms with Gasteiger partial charge in [0, 0.05) is 6.04 Å². The molecule has 1 atom stereocenters. The maximum absolute atomic E-state index is 6.37. The Bertz CT molecular complexity index is 1010. The van der Waals surface area contributed by atoms with Crippen molar-refractivity contribution in [2.45, 2.75) is 57.9 Å². The fourth-order valence-electron chi connectivity index (χ4n) is 4.19. The van der Waals surface area contributed by atoms with Crippen LogP contribution in [0.5, 0.6) is 11.5 Å². The van der Waals surface area contributed by atoms with Gasteiger partial charge in [-0.2, -0.15) is 0 Å². The second-order valence-corrected chi connectivity index (χ2v) is 7.87. The van der Waals surface area contributed by atoms with Crippen LogP contribution in [0.25, 0.3) is 11.5 Å². The van der Waals surface area contributed by atoms with Gasteiger partial charge in [-0.25, -0.2) is 4.98 Å². The van der Waals surface area contributed by atoms with Crippen molar-refractivity contribution in [3.63, 3.8) is 0 Å². The first-order valence-corrected chi connectivity index (χ1v) is 10.2. The summed E-state index contributed by atoms with van der Waals surface area (Å²) < 4.78 is 14.7. The van der Waals surface area contributed by atoms with E-state index in [1.165, 1.54) is 0 Å². The van der Waals surface area contributed by atoms with Crippen molar-refractivity contribution in [3.8, 4) is 23.0 Å². The largest absolute Gasteiger partial charge is 0.487 e. The van der Waals surface area contributed by atoms with Crippen LogP contribution in [0.2, 0.25) is 0 Å². The number of hydrogen-bond donors (Lipinski definition) is 1. The van der Waals surface area contributed by atoms with Crippen LogP contribution in [0.4, 0.5) is 5.82 Å². The smallest absolute Gasteiger partial charge is 0.182 e. The van der Waals surface area contributed by atoms with Gasteiger partial charge in [-0.1, -0.05) is 12.1 Å². The molecule has 4 bridgehead atoms. The summed E-state index contributed by atoms with van der Waals surface area (Å²) in [7, 11) is 0. The van der Waals surface area contributed by atoms with E-state index >= 15 is 0 Å². The molecule has 3 aliphatic rings. The maximum Gasteiger partial charge on any atom is 0.182 e. The molecule has 1 N–H and O–H groups in total. The van der Waals surface area contributed by atoms with E-state index in [2.05, 4.69) is 33.1 Å². The lowest BCUT2D eigenvalue weighted by Gasteiger charge is -2.30. The number of hydrogen-bond acceptors (Lipinski definition) is 6. The first kappa shape index (κ1) is 18.0. The van der Waals surface area contributed by atoms with Crippen LogP contribution in [0.3, 0.4) is 0 Å². The molecular formula is C22H25N5O2. The highest BCUT2D eigenvalue weighted by Gasteiger charge is 2.27. The molecule has 2 aromatic heterocycles. The van der Waals surface area contributed by atoms with Crippen molar-refractivity contribution in [2.75, 3.05) is 5.32 Å². The van der Waals surface area contributed by atoms with Gasteiger partial charge < -0.3 is 19.4 Å². The second kappa shape index (κ2) is 7.39. The monoisotopic (exact) mass is 391 g/mol. The number of rotatable bonds is 0. The summed E-state index contributed by atoms with van der Waals surface area (Å²) in [5.74, 6) is 3.10. The highest BCUT2D eigenvalue weighted by atomic mass is 16.5. The minimum absolute atomic E-state index is 0.184. The molecule has 1 aliphatic carbocycles. The fraction of sp³-hybridized carbons (Fsp3) is 0.409. The van der Waals surface area contributed by atoms with Crippen LogP contribution in [0.15, 0.2) is 42.7 Å². The van der Waals surface area contributed by atoms with Gasteiger partial charge >= 0.3 is 0 Å². The molecule has 0 radical (unpaired) electrons. The van der Waals surface area contributed by atoms with Gasteiger partial charge in [0.1, 0.15) is 17.8 Å². The Hall–Kier alpha value is -3.09. The number of ether oxygens (including phenoxy) is 2. The van der Waals surface area contributed by atoms with Crippen LogP contribution in [-0.2, 0) is 0 Å². The summed E-state index contributed by atoms with van der Waals surface area (Å²) in [4.78, 5) is 4.76. The Morgan fingerprint density at radius 2 is 1.90 bits per heavy atom. The number of aromatic nitrogens is 4. The average Bonchev–Trinajstić information content (AvgIpc) is 3.20. The minimum Gasteiger partial charge on any atom is -0.487 e. The van der Waals surface area contributed by atoms with Crippen LogP contribution >= 0.6 is 0 Å². The third kappa shape index (κ3) is 3.64. The van der Waals surface area contributed by atoms with E-state index in [0.717, 1.165) is 60.1 Å². The number of aryl methyl sites for hydroxylation is 1. The number of anilines is 1. The predicted molar refractivity (Wildman–Crippen MR) is 110 cm³/mol. The molecule has 7 nitrogen and oxygen atoms in total. The molecule has 7 heteroatoms. The van der Waals surface area contributed by atoms with Crippen LogP contribution in [0, 0.1) is 6.92 Å². The molecule has 3 aromatic rings. The highest BCUT2D eigenvalue weighted by molar-refractivity contribution is 5.54. The second-order valence-electron chi connectivity index (χ2n) is 7.87. The summed E-state index contributed by atoms with van der Waals surface area (Å²) in [5.41, 5.74) is 1.95. The number of benzene rings is 1. The minimum atomic E-state index is -0.277. The standard InChI is InChI=1S/C22H25N5O2/c1-14-6-11-19-20(12-14)28-15(2)24-21-5-3-4-18(25-21)22-26-23-13-27(22)16-7-9-17(29-19)10-8-16/h3-6,11-13,15-17H,7-10H2,1-2H3,(H,24,25). The lowest BCUT2D eigenvalue weighted by atomic mass is 9.92. The van der Waals surface area contributed by atoms with Crippen molar-refractivity contribution in [2.24, 2.45) is 0 Å². The van der Waals surface area contributed by atoms with Crippen molar-refractivity contribution in [3.05, 3.63) is 48.3 Å². The quantitative estimate of drug-likeness (QED) is 0.614. The van der Waals surface area contributed by atoms with Gasteiger partial charge in [0.2, 0.25) is 0 Å². The van der Waals surface area contributed by atoms with Gasteiger partial charge in [-0.05, 0) is 69.4 Å². The molecule has 1 unspecified atom stereocenters. The van der Waals surface area contributed by atoms with E-state index < -0.39 is 0 Å². The normalized spacial score (nSPS) is 23.4. The van der Waals surface area contributed by atoms with Gasteiger partial charge in [-0.15, -0.1) is 10.2 Å². The number of nitrogens with one attached hydrogen (secondary N) is 1. The highest BCUT2D eigenvalue weighted by Crippen LogP contribution is 2.36. The van der Waals surface area contributed by atoms with Crippen molar-refractivity contribution in [1.82, 2.24) is 19.7 Å². The molecule has 4 heterocycles. The first-order chi connectivity index (χ1) is 14.2. The number of fused-ring (bicyclic) bond motifs is 4. The fourth-order valence-corrected chi connectivity index (χ4v) is 4.19. The van der Waals surface area contributed by atoms with Crippen molar-refractivity contribution >= 4 is 5.82 Å². The van der Waals surface area contributed by atoms with E-state index in [1.807, 2.05) is 43.6 Å². The maximum atomic E-state index is 6.37. The zero-order valence-electron chi connectivity index (χ0n) is 16.7. The third-order valence-electron chi connectivity index (χ3n) is 5.64. The van der Waals surface area contributed by atoms with Gasteiger partial charge in [-0.3, -0.25) is 0 Å². The van der Waals surface area contributed by atoms with Gasteiger partial charge in [0.05, 0.1) is 6.10 Å². The van der Waals surface area contributed by atoms with Gasteiger partial charge in [0.15, 0.2) is 23.6 Å². The SMILES string of the molecule is Cc1ccc2c(c1)OC(C)Nc1cccc(n1)-c1nncn1C1CCC(CC1)O2. The Morgan fingerprint density at radius 3 is 2.76 bits per heavy atom. The summed E-state index contributed by atoms with van der Waals surface area (Å²) in [5, 5.41) is 11.8. The zero-order chi connectivity index (χ0) is 19.8. The topological polar surface area (TPSA) is 74.1 Å². The van der Waals surface area contributed by atoms with Crippen LogP contribution < -0.4 is 14.8 Å². The Morgan fingerprint density at radius 1 is 1.03 bits per heavy atom. The average molecular weight is 391 g/mol. The van der Waals surface area contributed by atoms with E-state index in [-0.39, 0.29) is 12.3 Å². The van der Waals surface area contributed by atoms with E-state index in [9.17, 15) is 0 Å². The van der Waals surface area contributed by atoms with E-state index in [4.69, 9.17) is 14.5 Å².